The first-order valence-corrected chi connectivity index (χ1v) is 16.9. The minimum atomic E-state index is -4.76. The Hall–Kier alpha value is -3.58. The normalized spacial score (nSPS) is 20.6. The summed E-state index contributed by atoms with van der Waals surface area (Å²) in [7, 11) is 0. The number of ether oxygens (including phenoxy) is 1. The summed E-state index contributed by atoms with van der Waals surface area (Å²) in [4.78, 5) is 36.2. The number of halogens is 4. The monoisotopic (exact) mass is 674 g/mol. The van der Waals surface area contributed by atoms with Crippen LogP contribution in [0.15, 0.2) is 57.5 Å². The van der Waals surface area contributed by atoms with Crippen molar-refractivity contribution in [3.63, 3.8) is 0 Å². The van der Waals surface area contributed by atoms with Crippen molar-refractivity contribution in [2.75, 3.05) is 23.7 Å². The predicted molar refractivity (Wildman–Crippen MR) is 173 cm³/mol. The van der Waals surface area contributed by atoms with E-state index >= 15 is 0 Å². The molecule has 1 fully saturated rings. The molecule has 6 rings (SSSR count). The number of hydrogen-bond donors (Lipinski definition) is 0. The molecule has 0 spiro atoms. The topological polar surface area (TPSA) is 67.7 Å². The number of thiophene rings is 1. The number of nitrogens with zero attached hydrogens (tertiary/aromatic N) is 4. The van der Waals surface area contributed by atoms with Crippen LogP contribution in [0.2, 0.25) is 0 Å². The molecule has 1 unspecified atom stereocenters. The molecule has 1 saturated heterocycles. The van der Waals surface area contributed by atoms with Crippen LogP contribution in [0.4, 0.5) is 28.2 Å². The van der Waals surface area contributed by atoms with E-state index in [0.29, 0.717) is 16.2 Å². The average Bonchev–Trinajstić information content (AvgIpc) is 3.41. The van der Waals surface area contributed by atoms with Gasteiger partial charge >= 0.3 is 18.0 Å². The first-order valence-electron chi connectivity index (χ1n) is 15.0. The molecule has 2 aliphatic heterocycles. The Labute approximate surface area is 272 Å². The van der Waals surface area contributed by atoms with Crippen LogP contribution < -0.4 is 10.6 Å². The van der Waals surface area contributed by atoms with Gasteiger partial charge in [-0.1, -0.05) is 18.2 Å². The number of piperazine rings is 1. The number of alkyl halides is 3. The summed E-state index contributed by atoms with van der Waals surface area (Å²) in [6, 6.07) is 9.15. The zero-order valence-electron chi connectivity index (χ0n) is 26.0. The van der Waals surface area contributed by atoms with Gasteiger partial charge in [0, 0.05) is 52.0 Å². The van der Waals surface area contributed by atoms with Crippen molar-refractivity contribution in [2.24, 2.45) is 0 Å². The molecular formula is C33H34F4N4O3S2. The van der Waals surface area contributed by atoms with Crippen molar-refractivity contribution in [2.45, 2.75) is 75.8 Å². The van der Waals surface area contributed by atoms with Gasteiger partial charge in [-0.2, -0.15) is 18.2 Å². The van der Waals surface area contributed by atoms with Crippen LogP contribution >= 0.6 is 23.1 Å². The van der Waals surface area contributed by atoms with Crippen molar-refractivity contribution < 1.29 is 27.1 Å². The SMILES string of the molecule is C[C@@H]1CN(c2nc(=O)n3c4c(c(-c5ccc(F)cc5)c(C(F)(F)F)cc24)SCC(c2cccs2)C3)C[C@H](C)N1C(=O)OC(C)(C)C. The summed E-state index contributed by atoms with van der Waals surface area (Å²) >= 11 is 2.81. The van der Waals surface area contributed by atoms with E-state index in [4.69, 9.17) is 4.74 Å². The Kier molecular flexibility index (Phi) is 8.37. The molecule has 46 heavy (non-hydrogen) atoms. The third kappa shape index (κ3) is 6.11. The number of thioether (sulfide) groups is 1. The Morgan fingerprint density at radius 3 is 2.28 bits per heavy atom. The van der Waals surface area contributed by atoms with Gasteiger partial charge in [-0.25, -0.2) is 14.0 Å². The summed E-state index contributed by atoms with van der Waals surface area (Å²) in [6.07, 6.45) is -5.24. The second-order valence-electron chi connectivity index (χ2n) is 12.9. The first-order chi connectivity index (χ1) is 21.6. The fourth-order valence-electron chi connectivity index (χ4n) is 6.39. The van der Waals surface area contributed by atoms with E-state index in [1.165, 1.54) is 39.8 Å². The summed E-state index contributed by atoms with van der Waals surface area (Å²) in [5.74, 6) is -0.124. The third-order valence-electron chi connectivity index (χ3n) is 8.24. The highest BCUT2D eigenvalue weighted by atomic mass is 32.2. The van der Waals surface area contributed by atoms with Gasteiger partial charge in [0.2, 0.25) is 0 Å². The Morgan fingerprint density at radius 1 is 1.02 bits per heavy atom. The Bertz CT molecular complexity index is 1820. The standard InChI is InChI=1S/C33H34F4N4O3S2/c1-18-14-39(15-19(2)41(18)31(43)44-32(3,4)5)29-23-13-24(33(35,36)37)26(20-8-10-22(34)11-9-20)28-27(23)40(30(42)38-29)16-21(17-46-28)25-7-6-12-45-25/h6-13,18-19,21H,14-17H2,1-5H3/t18-,19+,21?. The van der Waals surface area contributed by atoms with Crippen LogP contribution in [0, 0.1) is 5.82 Å². The molecular weight excluding hydrogens is 641 g/mol. The van der Waals surface area contributed by atoms with Gasteiger partial charge in [0.05, 0.1) is 23.2 Å². The van der Waals surface area contributed by atoms with Crippen molar-refractivity contribution >= 4 is 45.9 Å². The van der Waals surface area contributed by atoms with E-state index in [2.05, 4.69) is 4.98 Å². The highest BCUT2D eigenvalue weighted by Gasteiger charge is 2.40. The smallest absolute Gasteiger partial charge is 0.417 e. The van der Waals surface area contributed by atoms with Crippen molar-refractivity contribution in [1.82, 2.24) is 14.5 Å². The molecule has 0 saturated carbocycles. The van der Waals surface area contributed by atoms with E-state index in [1.54, 1.807) is 30.6 Å². The molecule has 4 heterocycles. The zero-order valence-corrected chi connectivity index (χ0v) is 27.7. The number of anilines is 1. The molecule has 244 valence electrons. The second kappa shape index (κ2) is 11.9. The maximum atomic E-state index is 15.0. The maximum absolute atomic E-state index is 15.0. The number of aromatic nitrogens is 2. The van der Waals surface area contributed by atoms with Crippen LogP contribution in [-0.2, 0) is 17.5 Å². The van der Waals surface area contributed by atoms with Gasteiger partial charge in [0.25, 0.3) is 0 Å². The molecule has 7 nitrogen and oxygen atoms in total. The van der Waals surface area contributed by atoms with Crippen molar-refractivity contribution in [3.05, 3.63) is 74.6 Å². The second-order valence-corrected chi connectivity index (χ2v) is 14.9. The lowest BCUT2D eigenvalue weighted by Crippen LogP contribution is -2.59. The minimum Gasteiger partial charge on any atom is -0.444 e. The van der Waals surface area contributed by atoms with Gasteiger partial charge in [-0.05, 0) is 69.8 Å². The number of rotatable bonds is 3. The quantitative estimate of drug-likeness (QED) is 0.205. The van der Waals surface area contributed by atoms with E-state index < -0.39 is 34.9 Å². The van der Waals surface area contributed by atoms with Gasteiger partial charge in [-0.3, -0.25) is 9.47 Å². The van der Waals surface area contributed by atoms with Gasteiger partial charge in [-0.15, -0.1) is 23.1 Å². The van der Waals surface area contributed by atoms with Gasteiger partial charge < -0.3 is 9.64 Å². The molecule has 0 N–H and O–H groups in total. The number of carbonyl (C=O) groups excluding carboxylic acids is 1. The first kappa shape index (κ1) is 32.4. The highest BCUT2D eigenvalue weighted by molar-refractivity contribution is 7.99. The number of amides is 1. The van der Waals surface area contributed by atoms with Crippen LogP contribution in [0.5, 0.6) is 0 Å². The highest BCUT2D eigenvalue weighted by Crippen LogP contribution is 2.49. The maximum Gasteiger partial charge on any atom is 0.417 e. The van der Waals surface area contributed by atoms with E-state index in [0.717, 1.165) is 23.1 Å². The van der Waals surface area contributed by atoms with E-state index in [-0.39, 0.29) is 60.0 Å². The molecule has 0 bridgehead atoms. The largest absolute Gasteiger partial charge is 0.444 e. The minimum absolute atomic E-state index is 0.0846. The molecule has 3 atom stereocenters. The summed E-state index contributed by atoms with van der Waals surface area (Å²) < 4.78 is 66.0. The fourth-order valence-corrected chi connectivity index (χ4v) is 8.70. The van der Waals surface area contributed by atoms with E-state index in [9.17, 15) is 27.2 Å². The Balaban J connectivity index is 1.56. The molecule has 0 radical (unpaired) electrons. The number of benzene rings is 2. The Morgan fingerprint density at radius 2 is 1.70 bits per heavy atom. The zero-order chi connectivity index (χ0) is 33.1. The lowest BCUT2D eigenvalue weighted by molar-refractivity contribution is -0.137. The lowest BCUT2D eigenvalue weighted by Gasteiger charge is -2.45. The van der Waals surface area contributed by atoms with Crippen LogP contribution in [0.25, 0.3) is 22.0 Å². The van der Waals surface area contributed by atoms with Crippen molar-refractivity contribution in [3.8, 4) is 11.1 Å². The molecule has 13 heteroatoms. The molecule has 0 aliphatic carbocycles. The number of hydrogen-bond acceptors (Lipinski definition) is 7. The van der Waals surface area contributed by atoms with Gasteiger partial charge in [0.1, 0.15) is 17.2 Å². The molecule has 4 aromatic rings. The summed E-state index contributed by atoms with van der Waals surface area (Å²) in [5, 5.41) is 2.14. The molecule has 2 aromatic heterocycles. The molecule has 2 aliphatic rings. The van der Waals surface area contributed by atoms with Crippen LogP contribution in [0.1, 0.15) is 51.0 Å². The lowest BCUT2D eigenvalue weighted by atomic mass is 9.96. The van der Waals surface area contributed by atoms with E-state index in [1.807, 2.05) is 31.4 Å². The number of carbonyl (C=O) groups is 1. The summed E-state index contributed by atoms with van der Waals surface area (Å²) in [6.45, 7) is 9.74. The molecule has 1 amide bonds. The van der Waals surface area contributed by atoms with Crippen LogP contribution in [-0.4, -0.2) is 57.1 Å². The average molecular weight is 675 g/mol. The van der Waals surface area contributed by atoms with Crippen LogP contribution in [0.3, 0.4) is 0 Å². The fraction of sp³-hybridized carbons (Fsp3) is 0.424. The van der Waals surface area contributed by atoms with Gasteiger partial charge in [0.15, 0.2) is 0 Å². The predicted octanol–water partition coefficient (Wildman–Crippen LogP) is 8.01. The molecule has 2 aromatic carbocycles. The third-order valence-corrected chi connectivity index (χ3v) is 10.5. The van der Waals surface area contributed by atoms with Crippen molar-refractivity contribution in [1.29, 1.82) is 0 Å². The summed E-state index contributed by atoms with van der Waals surface area (Å²) in [5.41, 5.74) is -1.65.